The zero-order valence-electron chi connectivity index (χ0n) is 14.9. The van der Waals surface area contributed by atoms with Gasteiger partial charge in [-0.25, -0.2) is 0 Å². The Hall–Kier alpha value is -2.04. The Balaban J connectivity index is 2.54. The van der Waals surface area contributed by atoms with Gasteiger partial charge in [-0.3, -0.25) is 9.79 Å². The lowest BCUT2D eigenvalue weighted by atomic mass is 10.1. The minimum atomic E-state index is -0.0528. The molecule has 0 fully saturated rings. The third-order valence-corrected chi connectivity index (χ3v) is 3.65. The highest BCUT2D eigenvalue weighted by molar-refractivity contribution is 5.88. The summed E-state index contributed by atoms with van der Waals surface area (Å²) in [5.74, 6) is 1.37. The van der Waals surface area contributed by atoms with E-state index in [1.165, 1.54) is 12.5 Å². The third-order valence-electron chi connectivity index (χ3n) is 3.65. The summed E-state index contributed by atoms with van der Waals surface area (Å²) in [6, 6.07) is 8.27. The van der Waals surface area contributed by atoms with E-state index in [1.54, 1.807) is 0 Å². The Morgan fingerprint density at radius 3 is 2.35 bits per heavy atom. The SMILES string of the molecule is CCNC(=NCCc1ccc(NC(C)=O)cc1)NC(C)C(C)C. The molecule has 128 valence electrons. The number of nitrogens with one attached hydrogen (secondary N) is 3. The zero-order valence-corrected chi connectivity index (χ0v) is 14.9. The fourth-order valence-corrected chi connectivity index (χ4v) is 1.96. The van der Waals surface area contributed by atoms with Gasteiger partial charge in [-0.2, -0.15) is 0 Å². The van der Waals surface area contributed by atoms with E-state index >= 15 is 0 Å². The maximum absolute atomic E-state index is 11.0. The molecule has 0 saturated carbocycles. The number of benzene rings is 1. The quantitative estimate of drug-likeness (QED) is 0.535. The van der Waals surface area contributed by atoms with Crippen molar-refractivity contribution in [1.82, 2.24) is 10.6 Å². The van der Waals surface area contributed by atoms with Crippen molar-refractivity contribution in [3.63, 3.8) is 0 Å². The van der Waals surface area contributed by atoms with Crippen LogP contribution in [-0.4, -0.2) is 31.0 Å². The number of rotatable bonds is 7. The number of amides is 1. The fourth-order valence-electron chi connectivity index (χ4n) is 1.96. The molecule has 1 aromatic carbocycles. The Kier molecular flexibility index (Phi) is 8.16. The van der Waals surface area contributed by atoms with E-state index in [2.05, 4.69) is 48.6 Å². The van der Waals surface area contributed by atoms with Crippen molar-refractivity contribution in [3.05, 3.63) is 29.8 Å². The molecule has 5 nitrogen and oxygen atoms in total. The first kappa shape index (κ1) is 19.0. The molecule has 0 aliphatic rings. The van der Waals surface area contributed by atoms with Crippen LogP contribution in [0, 0.1) is 5.92 Å². The third kappa shape index (κ3) is 7.68. The second-order valence-corrected chi connectivity index (χ2v) is 6.07. The Labute approximate surface area is 140 Å². The molecule has 0 heterocycles. The van der Waals surface area contributed by atoms with E-state index in [0.29, 0.717) is 12.0 Å². The number of carbonyl (C=O) groups excluding carboxylic acids is 1. The lowest BCUT2D eigenvalue weighted by Gasteiger charge is -2.20. The summed E-state index contributed by atoms with van der Waals surface area (Å²) >= 11 is 0. The zero-order chi connectivity index (χ0) is 17.2. The number of hydrogen-bond acceptors (Lipinski definition) is 2. The van der Waals surface area contributed by atoms with Gasteiger partial charge in [-0.05, 0) is 43.9 Å². The Morgan fingerprint density at radius 2 is 1.83 bits per heavy atom. The van der Waals surface area contributed by atoms with Crippen LogP contribution in [0.5, 0.6) is 0 Å². The molecule has 1 atom stereocenters. The molecule has 0 aliphatic heterocycles. The van der Waals surface area contributed by atoms with Gasteiger partial charge in [0, 0.05) is 31.7 Å². The van der Waals surface area contributed by atoms with Crippen LogP contribution in [0.1, 0.15) is 40.2 Å². The molecule has 0 aromatic heterocycles. The minimum absolute atomic E-state index is 0.0528. The van der Waals surface area contributed by atoms with E-state index < -0.39 is 0 Å². The van der Waals surface area contributed by atoms with Gasteiger partial charge in [0.05, 0.1) is 0 Å². The van der Waals surface area contributed by atoms with Crippen LogP contribution in [0.2, 0.25) is 0 Å². The first-order chi connectivity index (χ1) is 10.9. The summed E-state index contributed by atoms with van der Waals surface area (Å²) in [6.07, 6.45) is 0.868. The van der Waals surface area contributed by atoms with E-state index in [4.69, 9.17) is 0 Å². The molecule has 1 unspecified atom stereocenters. The van der Waals surface area contributed by atoms with Crippen LogP contribution in [0.15, 0.2) is 29.3 Å². The van der Waals surface area contributed by atoms with Gasteiger partial charge < -0.3 is 16.0 Å². The van der Waals surface area contributed by atoms with Crippen molar-refractivity contribution in [1.29, 1.82) is 0 Å². The van der Waals surface area contributed by atoms with Crippen LogP contribution in [-0.2, 0) is 11.2 Å². The number of carbonyl (C=O) groups is 1. The summed E-state index contributed by atoms with van der Waals surface area (Å²) in [5.41, 5.74) is 2.03. The molecule has 1 amide bonds. The number of anilines is 1. The molecule has 0 saturated heterocycles. The normalized spacial score (nSPS) is 12.9. The summed E-state index contributed by atoms with van der Waals surface area (Å²) in [4.78, 5) is 15.6. The summed E-state index contributed by atoms with van der Waals surface area (Å²) in [5, 5.41) is 9.47. The Morgan fingerprint density at radius 1 is 1.17 bits per heavy atom. The highest BCUT2D eigenvalue weighted by Gasteiger charge is 2.08. The van der Waals surface area contributed by atoms with Crippen molar-refractivity contribution < 1.29 is 4.79 Å². The predicted octanol–water partition coefficient (Wildman–Crippen LogP) is 2.79. The van der Waals surface area contributed by atoms with Crippen molar-refractivity contribution >= 4 is 17.6 Å². The van der Waals surface area contributed by atoms with Crippen LogP contribution in [0.25, 0.3) is 0 Å². The molecule has 5 heteroatoms. The van der Waals surface area contributed by atoms with Gasteiger partial charge in [-0.1, -0.05) is 26.0 Å². The lowest BCUT2D eigenvalue weighted by molar-refractivity contribution is -0.114. The molecule has 1 rings (SSSR count). The number of aliphatic imine (C=N–C) groups is 1. The second-order valence-electron chi connectivity index (χ2n) is 6.07. The van der Waals surface area contributed by atoms with Gasteiger partial charge in [0.15, 0.2) is 5.96 Å². The highest BCUT2D eigenvalue weighted by Crippen LogP contribution is 2.10. The van der Waals surface area contributed by atoms with Crippen molar-refractivity contribution in [2.24, 2.45) is 10.9 Å². The average Bonchev–Trinajstić information content (AvgIpc) is 2.48. The van der Waals surface area contributed by atoms with Gasteiger partial charge in [0.1, 0.15) is 0 Å². The maximum atomic E-state index is 11.0. The highest BCUT2D eigenvalue weighted by atomic mass is 16.1. The summed E-state index contributed by atoms with van der Waals surface area (Å²) < 4.78 is 0. The monoisotopic (exact) mass is 318 g/mol. The molecule has 0 spiro atoms. The predicted molar refractivity (Wildman–Crippen MR) is 97.9 cm³/mol. The largest absolute Gasteiger partial charge is 0.357 e. The van der Waals surface area contributed by atoms with E-state index in [0.717, 1.165) is 31.2 Å². The molecular formula is C18H30N4O. The molecule has 0 radical (unpaired) electrons. The molecule has 3 N–H and O–H groups in total. The van der Waals surface area contributed by atoms with Crippen LogP contribution in [0.3, 0.4) is 0 Å². The summed E-state index contributed by atoms with van der Waals surface area (Å²) in [6.45, 7) is 11.7. The van der Waals surface area contributed by atoms with E-state index in [1.807, 2.05) is 24.3 Å². The number of hydrogen-bond donors (Lipinski definition) is 3. The average molecular weight is 318 g/mol. The van der Waals surface area contributed by atoms with E-state index in [9.17, 15) is 4.79 Å². The van der Waals surface area contributed by atoms with Crippen molar-refractivity contribution in [3.8, 4) is 0 Å². The first-order valence-electron chi connectivity index (χ1n) is 8.33. The van der Waals surface area contributed by atoms with E-state index in [-0.39, 0.29) is 5.91 Å². The van der Waals surface area contributed by atoms with Crippen LogP contribution in [0.4, 0.5) is 5.69 Å². The van der Waals surface area contributed by atoms with Gasteiger partial charge in [0.25, 0.3) is 0 Å². The Bertz CT molecular complexity index is 508. The van der Waals surface area contributed by atoms with Gasteiger partial charge in [0.2, 0.25) is 5.91 Å². The molecule has 23 heavy (non-hydrogen) atoms. The van der Waals surface area contributed by atoms with Crippen LogP contribution < -0.4 is 16.0 Å². The number of nitrogens with zero attached hydrogens (tertiary/aromatic N) is 1. The van der Waals surface area contributed by atoms with Crippen molar-refractivity contribution in [2.45, 2.75) is 47.1 Å². The fraction of sp³-hybridized carbons (Fsp3) is 0.556. The molecule has 0 bridgehead atoms. The smallest absolute Gasteiger partial charge is 0.221 e. The standard InChI is InChI=1S/C18H30N4O/c1-6-19-18(21-14(4)13(2)3)20-12-11-16-7-9-17(10-8-16)22-15(5)23/h7-10,13-14H,6,11-12H2,1-5H3,(H,22,23)(H2,19,20,21). The minimum Gasteiger partial charge on any atom is -0.357 e. The summed E-state index contributed by atoms with van der Waals surface area (Å²) in [7, 11) is 0. The molecule has 1 aromatic rings. The first-order valence-corrected chi connectivity index (χ1v) is 8.33. The molecular weight excluding hydrogens is 288 g/mol. The van der Waals surface area contributed by atoms with Crippen molar-refractivity contribution in [2.75, 3.05) is 18.4 Å². The van der Waals surface area contributed by atoms with Gasteiger partial charge >= 0.3 is 0 Å². The second kappa shape index (κ2) is 9.87. The maximum Gasteiger partial charge on any atom is 0.221 e. The van der Waals surface area contributed by atoms with Crippen LogP contribution >= 0.6 is 0 Å². The number of guanidine groups is 1. The lowest BCUT2D eigenvalue weighted by Crippen LogP contribution is -2.44. The molecule has 0 aliphatic carbocycles. The topological polar surface area (TPSA) is 65.5 Å². The van der Waals surface area contributed by atoms with Gasteiger partial charge in [-0.15, -0.1) is 0 Å².